The van der Waals surface area contributed by atoms with Crippen LogP contribution >= 0.6 is 11.3 Å². The second-order valence-corrected chi connectivity index (χ2v) is 7.55. The van der Waals surface area contributed by atoms with Gasteiger partial charge in [0.15, 0.2) is 5.13 Å². The Morgan fingerprint density at radius 2 is 1.86 bits per heavy atom. The Morgan fingerprint density at radius 1 is 1.11 bits per heavy atom. The SMILES string of the molecule is Nc1nc(-c2ccc(NC(=O)[C@H]3CCCN3C(=O)c3ccccc3)cc2)cs1. The van der Waals surface area contributed by atoms with Gasteiger partial charge in [0.2, 0.25) is 5.91 Å². The third kappa shape index (κ3) is 3.75. The highest BCUT2D eigenvalue weighted by Crippen LogP contribution is 2.25. The number of carbonyl (C=O) groups is 2. The Balaban J connectivity index is 1.44. The van der Waals surface area contributed by atoms with Crippen LogP contribution in [0.4, 0.5) is 10.8 Å². The molecular weight excluding hydrogens is 372 g/mol. The van der Waals surface area contributed by atoms with Gasteiger partial charge in [-0.1, -0.05) is 30.3 Å². The Labute approximate surface area is 167 Å². The van der Waals surface area contributed by atoms with Gasteiger partial charge in [-0.3, -0.25) is 9.59 Å². The van der Waals surface area contributed by atoms with Crippen LogP contribution in [0.3, 0.4) is 0 Å². The van der Waals surface area contributed by atoms with E-state index in [1.807, 2.05) is 47.8 Å². The van der Waals surface area contributed by atoms with Gasteiger partial charge in [-0.2, -0.15) is 0 Å². The van der Waals surface area contributed by atoms with E-state index in [1.54, 1.807) is 17.0 Å². The summed E-state index contributed by atoms with van der Waals surface area (Å²) in [6.07, 6.45) is 1.49. The third-order valence-electron chi connectivity index (χ3n) is 4.81. The van der Waals surface area contributed by atoms with Crippen molar-refractivity contribution in [1.29, 1.82) is 0 Å². The van der Waals surface area contributed by atoms with E-state index in [4.69, 9.17) is 5.73 Å². The van der Waals surface area contributed by atoms with Crippen LogP contribution in [0.15, 0.2) is 60.0 Å². The molecule has 1 fully saturated rings. The molecule has 1 aliphatic heterocycles. The van der Waals surface area contributed by atoms with Crippen molar-refractivity contribution in [2.24, 2.45) is 0 Å². The van der Waals surface area contributed by atoms with Crippen molar-refractivity contribution < 1.29 is 9.59 Å². The molecule has 1 atom stereocenters. The number of hydrogen-bond acceptors (Lipinski definition) is 5. The van der Waals surface area contributed by atoms with E-state index >= 15 is 0 Å². The number of amides is 2. The lowest BCUT2D eigenvalue weighted by Crippen LogP contribution is -2.43. The molecule has 1 saturated heterocycles. The lowest BCUT2D eigenvalue weighted by Gasteiger charge is -2.24. The average Bonchev–Trinajstić information content (AvgIpc) is 3.38. The maximum atomic E-state index is 12.8. The fourth-order valence-corrected chi connectivity index (χ4v) is 3.97. The normalized spacial score (nSPS) is 16.1. The second-order valence-electron chi connectivity index (χ2n) is 6.66. The quantitative estimate of drug-likeness (QED) is 0.710. The molecular formula is C21H20N4O2S. The first-order valence-electron chi connectivity index (χ1n) is 9.10. The molecule has 1 aliphatic rings. The number of aromatic nitrogens is 1. The summed E-state index contributed by atoms with van der Waals surface area (Å²) in [5.41, 5.74) is 8.73. The smallest absolute Gasteiger partial charge is 0.254 e. The number of thiazole rings is 1. The minimum Gasteiger partial charge on any atom is -0.375 e. The van der Waals surface area contributed by atoms with E-state index in [1.165, 1.54) is 11.3 Å². The van der Waals surface area contributed by atoms with Crippen molar-refractivity contribution in [1.82, 2.24) is 9.88 Å². The number of likely N-dealkylation sites (tertiary alicyclic amines) is 1. The summed E-state index contributed by atoms with van der Waals surface area (Å²) in [7, 11) is 0. The van der Waals surface area contributed by atoms with Crippen LogP contribution in [-0.4, -0.2) is 34.3 Å². The van der Waals surface area contributed by atoms with Crippen LogP contribution in [0.25, 0.3) is 11.3 Å². The molecule has 2 heterocycles. The first-order chi connectivity index (χ1) is 13.6. The molecule has 0 saturated carbocycles. The molecule has 0 spiro atoms. The molecule has 2 amide bonds. The summed E-state index contributed by atoms with van der Waals surface area (Å²) in [4.78, 5) is 31.5. The largest absolute Gasteiger partial charge is 0.375 e. The number of benzene rings is 2. The van der Waals surface area contributed by atoms with Gasteiger partial charge in [-0.15, -0.1) is 11.3 Å². The van der Waals surface area contributed by atoms with Crippen LogP contribution in [0, 0.1) is 0 Å². The lowest BCUT2D eigenvalue weighted by molar-refractivity contribution is -0.119. The number of nitrogen functional groups attached to an aromatic ring is 1. The van der Waals surface area contributed by atoms with Crippen LogP contribution in [0.5, 0.6) is 0 Å². The monoisotopic (exact) mass is 392 g/mol. The van der Waals surface area contributed by atoms with Gasteiger partial charge in [0.25, 0.3) is 5.91 Å². The van der Waals surface area contributed by atoms with Gasteiger partial charge < -0.3 is 16.0 Å². The van der Waals surface area contributed by atoms with Gasteiger partial charge in [0, 0.05) is 28.7 Å². The van der Waals surface area contributed by atoms with Crippen molar-refractivity contribution >= 4 is 34.0 Å². The molecule has 7 heteroatoms. The molecule has 0 bridgehead atoms. The van der Waals surface area contributed by atoms with Gasteiger partial charge >= 0.3 is 0 Å². The zero-order valence-corrected chi connectivity index (χ0v) is 16.0. The van der Waals surface area contributed by atoms with E-state index in [0.717, 1.165) is 17.7 Å². The number of carbonyl (C=O) groups excluding carboxylic acids is 2. The van der Waals surface area contributed by atoms with Crippen molar-refractivity contribution in [2.75, 3.05) is 17.6 Å². The highest BCUT2D eigenvalue weighted by Gasteiger charge is 2.34. The Morgan fingerprint density at radius 3 is 2.54 bits per heavy atom. The van der Waals surface area contributed by atoms with Crippen LogP contribution in [0.1, 0.15) is 23.2 Å². The summed E-state index contributed by atoms with van der Waals surface area (Å²) in [6, 6.07) is 16.1. The fourth-order valence-electron chi connectivity index (χ4n) is 3.40. The Hall–Kier alpha value is -3.19. The van der Waals surface area contributed by atoms with Gasteiger partial charge in [-0.25, -0.2) is 4.98 Å². The summed E-state index contributed by atoms with van der Waals surface area (Å²) in [5, 5.41) is 5.35. The van der Waals surface area contributed by atoms with Crippen molar-refractivity contribution in [3.63, 3.8) is 0 Å². The average molecular weight is 392 g/mol. The predicted octanol–water partition coefficient (Wildman–Crippen LogP) is 3.64. The molecule has 3 N–H and O–H groups in total. The molecule has 0 aliphatic carbocycles. The highest BCUT2D eigenvalue weighted by molar-refractivity contribution is 7.13. The molecule has 0 unspecified atom stereocenters. The number of hydrogen-bond donors (Lipinski definition) is 2. The number of nitrogens with zero attached hydrogens (tertiary/aromatic N) is 2. The highest BCUT2D eigenvalue weighted by atomic mass is 32.1. The minimum absolute atomic E-state index is 0.102. The van der Waals surface area contributed by atoms with Crippen LogP contribution in [-0.2, 0) is 4.79 Å². The number of rotatable bonds is 4. The summed E-state index contributed by atoms with van der Waals surface area (Å²) >= 11 is 1.39. The number of nitrogens with two attached hydrogens (primary N) is 1. The maximum Gasteiger partial charge on any atom is 0.254 e. The second kappa shape index (κ2) is 7.82. The van der Waals surface area contributed by atoms with E-state index in [9.17, 15) is 9.59 Å². The zero-order valence-electron chi connectivity index (χ0n) is 15.2. The molecule has 2 aromatic carbocycles. The third-order valence-corrected chi connectivity index (χ3v) is 5.48. The Kier molecular flexibility index (Phi) is 5.08. The molecule has 142 valence electrons. The molecule has 1 aromatic heterocycles. The van der Waals surface area contributed by atoms with Crippen molar-refractivity contribution in [3.05, 3.63) is 65.5 Å². The summed E-state index contributed by atoms with van der Waals surface area (Å²) in [5.74, 6) is -0.262. The predicted molar refractivity (Wildman–Crippen MR) is 111 cm³/mol. The first kappa shape index (κ1) is 18.2. The lowest BCUT2D eigenvalue weighted by atomic mass is 10.1. The summed E-state index contributed by atoms with van der Waals surface area (Å²) < 4.78 is 0. The van der Waals surface area contributed by atoms with Crippen molar-refractivity contribution in [3.8, 4) is 11.3 Å². The van der Waals surface area contributed by atoms with E-state index in [0.29, 0.717) is 29.3 Å². The topological polar surface area (TPSA) is 88.3 Å². The van der Waals surface area contributed by atoms with Crippen LogP contribution in [0.2, 0.25) is 0 Å². The maximum absolute atomic E-state index is 12.8. The fraction of sp³-hybridized carbons (Fsp3) is 0.190. The zero-order chi connectivity index (χ0) is 19.5. The van der Waals surface area contributed by atoms with E-state index < -0.39 is 6.04 Å². The van der Waals surface area contributed by atoms with Gasteiger partial charge in [-0.05, 0) is 37.1 Å². The molecule has 6 nitrogen and oxygen atoms in total. The van der Waals surface area contributed by atoms with Crippen LogP contribution < -0.4 is 11.1 Å². The van der Waals surface area contributed by atoms with E-state index in [-0.39, 0.29) is 11.8 Å². The van der Waals surface area contributed by atoms with Gasteiger partial charge in [0.05, 0.1) is 5.69 Å². The molecule has 4 rings (SSSR count). The molecule has 0 radical (unpaired) electrons. The first-order valence-corrected chi connectivity index (χ1v) is 9.98. The molecule has 3 aromatic rings. The number of anilines is 2. The van der Waals surface area contributed by atoms with Gasteiger partial charge in [0.1, 0.15) is 6.04 Å². The number of nitrogens with one attached hydrogen (secondary N) is 1. The Bertz CT molecular complexity index is 985. The van der Waals surface area contributed by atoms with Crippen molar-refractivity contribution in [2.45, 2.75) is 18.9 Å². The molecule has 28 heavy (non-hydrogen) atoms. The minimum atomic E-state index is -0.453. The summed E-state index contributed by atoms with van der Waals surface area (Å²) in [6.45, 7) is 0.593. The van der Waals surface area contributed by atoms with E-state index in [2.05, 4.69) is 10.3 Å². The standard InChI is InChI=1S/C21H20N4O2S/c22-21-24-17(13-28-21)14-8-10-16(11-9-14)23-19(26)18-7-4-12-25(18)20(27)15-5-2-1-3-6-15/h1-3,5-6,8-11,13,18H,4,7,12H2,(H2,22,24)(H,23,26)/t18-/m1/s1.